The molecule has 1 N–H and O–H groups in total. The lowest BCUT2D eigenvalue weighted by Gasteiger charge is -2.20. The molecule has 1 aromatic carbocycles. The molecular weight excluding hydrogens is 233 g/mol. The van der Waals surface area contributed by atoms with E-state index in [1.807, 2.05) is 6.07 Å². The summed E-state index contributed by atoms with van der Waals surface area (Å²) in [6.45, 7) is 5.33. The second kappa shape index (κ2) is 4.26. The van der Waals surface area contributed by atoms with Crippen molar-refractivity contribution in [2.24, 2.45) is 0 Å². The van der Waals surface area contributed by atoms with Gasteiger partial charge < -0.3 is 10.1 Å². The zero-order chi connectivity index (χ0) is 13.4. The van der Waals surface area contributed by atoms with Gasteiger partial charge in [-0.1, -0.05) is 30.3 Å². The highest BCUT2D eigenvalue weighted by Crippen LogP contribution is 2.49. The third-order valence-corrected chi connectivity index (χ3v) is 2.84. The number of carbonyl (C=O) groups excluding carboxylic acids is 1. The molecular formula is C14H18FNO2. The Morgan fingerprint density at radius 3 is 2.56 bits per heavy atom. The van der Waals surface area contributed by atoms with Gasteiger partial charge in [0, 0.05) is 6.42 Å². The lowest BCUT2D eigenvalue weighted by molar-refractivity contribution is 0.0511. The summed E-state index contributed by atoms with van der Waals surface area (Å²) in [4.78, 5) is 11.5. The summed E-state index contributed by atoms with van der Waals surface area (Å²) >= 11 is 0. The highest BCUT2D eigenvalue weighted by atomic mass is 19.1. The van der Waals surface area contributed by atoms with Crippen molar-refractivity contribution in [3.05, 3.63) is 35.9 Å². The summed E-state index contributed by atoms with van der Waals surface area (Å²) in [7, 11) is 0. The standard InChI is InChI=1S/C14H18FNO2/c1-13(2,3)18-12(17)16-11-9-14(11,15)10-7-5-4-6-8-10/h4-8,11H,9H2,1-3H3,(H,16,17). The van der Waals surface area contributed by atoms with E-state index in [1.54, 1.807) is 45.0 Å². The van der Waals surface area contributed by atoms with Crippen LogP contribution in [0.3, 0.4) is 0 Å². The van der Waals surface area contributed by atoms with Crippen molar-refractivity contribution in [2.45, 2.75) is 44.5 Å². The quantitative estimate of drug-likeness (QED) is 0.876. The van der Waals surface area contributed by atoms with E-state index in [0.717, 1.165) is 0 Å². The van der Waals surface area contributed by atoms with Gasteiger partial charge in [0.2, 0.25) is 0 Å². The Morgan fingerprint density at radius 2 is 2.00 bits per heavy atom. The fraction of sp³-hybridized carbons (Fsp3) is 0.500. The fourth-order valence-corrected chi connectivity index (χ4v) is 1.89. The number of rotatable bonds is 2. The lowest BCUT2D eigenvalue weighted by atomic mass is 10.1. The molecule has 1 aliphatic carbocycles. The van der Waals surface area contributed by atoms with Gasteiger partial charge in [-0.2, -0.15) is 0 Å². The van der Waals surface area contributed by atoms with Crippen LogP contribution in [0.15, 0.2) is 30.3 Å². The predicted octanol–water partition coefficient (Wildman–Crippen LogP) is 3.15. The molecule has 0 bridgehead atoms. The first-order valence-corrected chi connectivity index (χ1v) is 6.05. The first kappa shape index (κ1) is 12.9. The molecule has 0 heterocycles. The van der Waals surface area contributed by atoms with Gasteiger partial charge in [0.1, 0.15) is 5.60 Å². The first-order chi connectivity index (χ1) is 8.31. The normalized spacial score (nSPS) is 26.6. The minimum atomic E-state index is -1.45. The van der Waals surface area contributed by atoms with Crippen LogP contribution >= 0.6 is 0 Å². The molecule has 98 valence electrons. The van der Waals surface area contributed by atoms with Gasteiger partial charge in [-0.25, -0.2) is 9.18 Å². The van der Waals surface area contributed by atoms with Crippen LogP contribution in [0.2, 0.25) is 0 Å². The van der Waals surface area contributed by atoms with Gasteiger partial charge in [-0.3, -0.25) is 0 Å². The Balaban J connectivity index is 1.94. The predicted molar refractivity (Wildman–Crippen MR) is 67.0 cm³/mol. The lowest BCUT2D eigenvalue weighted by Crippen LogP contribution is -2.35. The number of halogens is 1. The third-order valence-electron chi connectivity index (χ3n) is 2.84. The molecule has 0 aromatic heterocycles. The topological polar surface area (TPSA) is 38.3 Å². The summed E-state index contributed by atoms with van der Waals surface area (Å²) in [6.07, 6.45) is -0.265. The van der Waals surface area contributed by atoms with Crippen molar-refractivity contribution in [2.75, 3.05) is 0 Å². The third kappa shape index (κ3) is 2.81. The number of hydrogen-bond acceptors (Lipinski definition) is 2. The van der Waals surface area contributed by atoms with Crippen molar-refractivity contribution >= 4 is 6.09 Å². The van der Waals surface area contributed by atoms with E-state index in [1.165, 1.54) is 0 Å². The second-order valence-electron chi connectivity index (χ2n) is 5.63. The molecule has 0 spiro atoms. The minimum Gasteiger partial charge on any atom is -0.444 e. The van der Waals surface area contributed by atoms with Gasteiger partial charge >= 0.3 is 6.09 Å². The monoisotopic (exact) mass is 251 g/mol. The molecule has 1 fully saturated rings. The second-order valence-corrected chi connectivity index (χ2v) is 5.63. The molecule has 0 saturated heterocycles. The van der Waals surface area contributed by atoms with Crippen LogP contribution in [0.25, 0.3) is 0 Å². The average molecular weight is 251 g/mol. The number of amides is 1. The van der Waals surface area contributed by atoms with E-state index < -0.39 is 23.4 Å². The van der Waals surface area contributed by atoms with Gasteiger partial charge in [0.05, 0.1) is 6.04 Å². The molecule has 2 unspecified atom stereocenters. The number of carbonyl (C=O) groups is 1. The molecule has 1 aliphatic rings. The zero-order valence-electron chi connectivity index (χ0n) is 10.9. The Bertz CT molecular complexity index is 441. The number of benzene rings is 1. The number of hydrogen-bond donors (Lipinski definition) is 1. The Labute approximate surface area is 106 Å². The van der Waals surface area contributed by atoms with Crippen LogP contribution in [0.1, 0.15) is 32.8 Å². The molecule has 1 amide bonds. The molecule has 0 radical (unpaired) electrons. The molecule has 18 heavy (non-hydrogen) atoms. The molecule has 3 nitrogen and oxygen atoms in total. The van der Waals surface area contributed by atoms with Crippen LogP contribution < -0.4 is 5.32 Å². The Morgan fingerprint density at radius 1 is 1.39 bits per heavy atom. The van der Waals surface area contributed by atoms with E-state index in [-0.39, 0.29) is 0 Å². The maximum absolute atomic E-state index is 14.4. The van der Waals surface area contributed by atoms with Crippen LogP contribution in [0.5, 0.6) is 0 Å². The fourth-order valence-electron chi connectivity index (χ4n) is 1.89. The van der Waals surface area contributed by atoms with Crippen LogP contribution in [0, 0.1) is 0 Å². The summed E-state index contributed by atoms with van der Waals surface area (Å²) in [5, 5.41) is 2.56. The number of nitrogens with one attached hydrogen (secondary N) is 1. The van der Waals surface area contributed by atoms with Gasteiger partial charge in [-0.05, 0) is 26.3 Å². The molecule has 2 atom stereocenters. The van der Waals surface area contributed by atoms with Gasteiger partial charge in [-0.15, -0.1) is 0 Å². The van der Waals surface area contributed by atoms with Crippen LogP contribution in [-0.4, -0.2) is 17.7 Å². The van der Waals surface area contributed by atoms with E-state index >= 15 is 0 Å². The molecule has 4 heteroatoms. The summed E-state index contributed by atoms with van der Waals surface area (Å²) in [5.74, 6) is 0. The maximum atomic E-state index is 14.4. The van der Waals surface area contributed by atoms with Crippen LogP contribution in [0.4, 0.5) is 9.18 Å². The van der Waals surface area contributed by atoms with Crippen LogP contribution in [-0.2, 0) is 10.4 Å². The van der Waals surface area contributed by atoms with Crippen molar-refractivity contribution in [3.8, 4) is 0 Å². The molecule has 0 aliphatic heterocycles. The SMILES string of the molecule is CC(C)(C)OC(=O)NC1CC1(F)c1ccccc1. The zero-order valence-corrected chi connectivity index (χ0v) is 10.9. The molecule has 1 saturated carbocycles. The summed E-state index contributed by atoms with van der Waals surface area (Å²) < 4.78 is 19.5. The van der Waals surface area contributed by atoms with E-state index in [4.69, 9.17) is 4.74 Å². The highest BCUT2D eigenvalue weighted by Gasteiger charge is 2.58. The number of alkyl carbamates (subject to hydrolysis) is 1. The van der Waals surface area contributed by atoms with Gasteiger partial charge in [0.15, 0.2) is 5.67 Å². The summed E-state index contributed by atoms with van der Waals surface area (Å²) in [6, 6.07) is 8.40. The maximum Gasteiger partial charge on any atom is 0.407 e. The molecule has 1 aromatic rings. The van der Waals surface area contributed by atoms with Crippen molar-refractivity contribution in [1.29, 1.82) is 0 Å². The molecule has 2 rings (SSSR count). The Hall–Kier alpha value is -1.58. The van der Waals surface area contributed by atoms with Gasteiger partial charge in [0.25, 0.3) is 0 Å². The van der Waals surface area contributed by atoms with Crippen molar-refractivity contribution in [1.82, 2.24) is 5.32 Å². The highest BCUT2D eigenvalue weighted by molar-refractivity contribution is 5.69. The first-order valence-electron chi connectivity index (χ1n) is 6.05. The summed E-state index contributed by atoms with van der Waals surface area (Å²) in [5.41, 5.74) is -1.41. The largest absolute Gasteiger partial charge is 0.444 e. The van der Waals surface area contributed by atoms with Crippen molar-refractivity contribution < 1.29 is 13.9 Å². The average Bonchev–Trinajstić information content (AvgIpc) is 2.89. The minimum absolute atomic E-state index is 0.302. The number of alkyl halides is 1. The number of ether oxygens (including phenoxy) is 1. The van der Waals surface area contributed by atoms with E-state index in [9.17, 15) is 9.18 Å². The van der Waals surface area contributed by atoms with Crippen molar-refractivity contribution in [3.63, 3.8) is 0 Å². The van der Waals surface area contributed by atoms with E-state index in [2.05, 4.69) is 5.32 Å². The van der Waals surface area contributed by atoms with E-state index in [0.29, 0.717) is 12.0 Å². The Kier molecular flexibility index (Phi) is 3.05. The smallest absolute Gasteiger partial charge is 0.407 e.